The maximum absolute atomic E-state index is 11.5. The molecule has 4 nitrogen and oxygen atoms in total. The predicted octanol–water partition coefficient (Wildman–Crippen LogP) is 1.19. The van der Waals surface area contributed by atoms with Gasteiger partial charge < -0.3 is 0 Å². The number of rotatable bonds is 2. The first-order chi connectivity index (χ1) is 7.31. The van der Waals surface area contributed by atoms with Crippen LogP contribution in [0.25, 0.3) is 5.82 Å². The van der Waals surface area contributed by atoms with E-state index in [0.29, 0.717) is 5.82 Å². The minimum Gasteiger partial charge on any atom is -0.269 e. The standard InChI is InChI=1S/C11H11N3O/c1-2-9-7-12-8-10(13-9)14-6-4-3-5-11(14)15/h3-8H,2H2,1H3. The van der Waals surface area contributed by atoms with Gasteiger partial charge in [-0.3, -0.25) is 14.3 Å². The highest BCUT2D eigenvalue weighted by atomic mass is 16.1. The largest absolute Gasteiger partial charge is 0.269 e. The Bertz CT molecular complexity index is 519. The Morgan fingerprint density at radius 1 is 1.33 bits per heavy atom. The predicted molar refractivity (Wildman–Crippen MR) is 57.0 cm³/mol. The molecular weight excluding hydrogens is 190 g/mol. The zero-order valence-corrected chi connectivity index (χ0v) is 8.42. The molecule has 0 radical (unpaired) electrons. The number of hydrogen-bond acceptors (Lipinski definition) is 3. The van der Waals surface area contributed by atoms with Crippen LogP contribution in [0.3, 0.4) is 0 Å². The maximum Gasteiger partial charge on any atom is 0.256 e. The number of pyridine rings is 1. The van der Waals surface area contributed by atoms with E-state index in [1.807, 2.05) is 6.92 Å². The van der Waals surface area contributed by atoms with E-state index in [2.05, 4.69) is 9.97 Å². The van der Waals surface area contributed by atoms with E-state index in [4.69, 9.17) is 0 Å². The summed E-state index contributed by atoms with van der Waals surface area (Å²) in [7, 11) is 0. The summed E-state index contributed by atoms with van der Waals surface area (Å²) in [4.78, 5) is 19.9. The molecule has 4 heteroatoms. The average Bonchev–Trinajstić information content (AvgIpc) is 2.30. The Hall–Kier alpha value is -1.97. The highest BCUT2D eigenvalue weighted by Crippen LogP contribution is 2.00. The fraction of sp³-hybridized carbons (Fsp3) is 0.182. The Morgan fingerprint density at radius 3 is 2.93 bits per heavy atom. The van der Waals surface area contributed by atoms with Crippen molar-refractivity contribution in [2.24, 2.45) is 0 Å². The first kappa shape index (κ1) is 9.58. The summed E-state index contributed by atoms with van der Waals surface area (Å²) < 4.78 is 1.48. The topological polar surface area (TPSA) is 47.8 Å². The molecule has 0 amide bonds. The summed E-state index contributed by atoms with van der Waals surface area (Å²) in [5, 5.41) is 0. The summed E-state index contributed by atoms with van der Waals surface area (Å²) in [6.45, 7) is 2.00. The fourth-order valence-electron chi connectivity index (χ4n) is 1.30. The molecule has 0 aromatic carbocycles. The van der Waals surface area contributed by atoms with Crippen LogP contribution < -0.4 is 5.56 Å². The number of aromatic nitrogens is 3. The van der Waals surface area contributed by atoms with Crippen molar-refractivity contribution in [1.29, 1.82) is 0 Å². The van der Waals surface area contributed by atoms with Crippen molar-refractivity contribution in [2.75, 3.05) is 0 Å². The van der Waals surface area contributed by atoms with Crippen molar-refractivity contribution >= 4 is 0 Å². The minimum absolute atomic E-state index is 0.0972. The monoisotopic (exact) mass is 201 g/mol. The molecule has 0 bridgehead atoms. The van der Waals surface area contributed by atoms with E-state index in [9.17, 15) is 4.79 Å². The molecule has 0 spiro atoms. The molecule has 0 fully saturated rings. The second-order valence-corrected chi connectivity index (χ2v) is 3.13. The fourth-order valence-corrected chi connectivity index (χ4v) is 1.30. The Labute approximate surface area is 87.2 Å². The van der Waals surface area contributed by atoms with Crippen molar-refractivity contribution in [1.82, 2.24) is 14.5 Å². The molecule has 0 saturated carbocycles. The molecular formula is C11H11N3O. The third-order valence-corrected chi connectivity index (χ3v) is 2.10. The highest BCUT2D eigenvalue weighted by molar-refractivity contribution is 5.20. The van der Waals surface area contributed by atoms with Crippen LogP contribution in [0, 0.1) is 0 Å². The quantitative estimate of drug-likeness (QED) is 0.733. The normalized spacial score (nSPS) is 10.2. The van der Waals surface area contributed by atoms with E-state index in [1.165, 1.54) is 10.6 Å². The van der Waals surface area contributed by atoms with Gasteiger partial charge >= 0.3 is 0 Å². The lowest BCUT2D eigenvalue weighted by atomic mass is 10.3. The first-order valence-corrected chi connectivity index (χ1v) is 4.80. The van der Waals surface area contributed by atoms with Gasteiger partial charge in [-0.25, -0.2) is 4.98 Å². The lowest BCUT2D eigenvalue weighted by Gasteiger charge is -2.04. The Balaban J connectivity index is 2.54. The summed E-state index contributed by atoms with van der Waals surface area (Å²) in [6.07, 6.45) is 5.78. The molecule has 0 N–H and O–H groups in total. The van der Waals surface area contributed by atoms with Crippen LogP contribution in [0.2, 0.25) is 0 Å². The van der Waals surface area contributed by atoms with E-state index in [1.54, 1.807) is 30.7 Å². The van der Waals surface area contributed by atoms with Gasteiger partial charge in [0, 0.05) is 18.5 Å². The summed E-state index contributed by atoms with van der Waals surface area (Å²) in [6, 6.07) is 5.00. The summed E-state index contributed by atoms with van der Waals surface area (Å²) in [5.41, 5.74) is 0.781. The molecule has 0 unspecified atom stereocenters. The van der Waals surface area contributed by atoms with Crippen molar-refractivity contribution in [2.45, 2.75) is 13.3 Å². The van der Waals surface area contributed by atoms with E-state index in [0.717, 1.165) is 12.1 Å². The Morgan fingerprint density at radius 2 is 2.20 bits per heavy atom. The molecule has 0 aliphatic rings. The zero-order valence-electron chi connectivity index (χ0n) is 8.42. The van der Waals surface area contributed by atoms with Gasteiger partial charge in [0.15, 0.2) is 5.82 Å². The molecule has 0 aliphatic heterocycles. The van der Waals surface area contributed by atoms with Crippen LogP contribution in [0.1, 0.15) is 12.6 Å². The summed E-state index contributed by atoms with van der Waals surface area (Å²) >= 11 is 0. The van der Waals surface area contributed by atoms with Crippen molar-refractivity contribution in [3.8, 4) is 5.82 Å². The average molecular weight is 201 g/mol. The third kappa shape index (κ3) is 1.93. The lowest BCUT2D eigenvalue weighted by molar-refractivity contribution is 0.887. The highest BCUT2D eigenvalue weighted by Gasteiger charge is 2.00. The Kier molecular flexibility index (Phi) is 2.58. The van der Waals surface area contributed by atoms with Gasteiger partial charge in [-0.2, -0.15) is 0 Å². The van der Waals surface area contributed by atoms with Crippen LogP contribution in [-0.2, 0) is 6.42 Å². The zero-order chi connectivity index (χ0) is 10.7. The number of hydrogen-bond donors (Lipinski definition) is 0. The second-order valence-electron chi connectivity index (χ2n) is 3.13. The van der Waals surface area contributed by atoms with Crippen LogP contribution >= 0.6 is 0 Å². The van der Waals surface area contributed by atoms with Crippen LogP contribution in [0.15, 0.2) is 41.6 Å². The minimum atomic E-state index is -0.0972. The van der Waals surface area contributed by atoms with Gasteiger partial charge in [-0.1, -0.05) is 13.0 Å². The first-order valence-electron chi connectivity index (χ1n) is 4.80. The van der Waals surface area contributed by atoms with Crippen LogP contribution in [-0.4, -0.2) is 14.5 Å². The van der Waals surface area contributed by atoms with Crippen molar-refractivity contribution < 1.29 is 0 Å². The molecule has 2 heterocycles. The molecule has 0 aliphatic carbocycles. The molecule has 0 saturated heterocycles. The van der Waals surface area contributed by atoms with Crippen LogP contribution in [0.5, 0.6) is 0 Å². The third-order valence-electron chi connectivity index (χ3n) is 2.10. The molecule has 76 valence electrons. The van der Waals surface area contributed by atoms with Crippen LogP contribution in [0.4, 0.5) is 0 Å². The van der Waals surface area contributed by atoms with E-state index < -0.39 is 0 Å². The maximum atomic E-state index is 11.5. The van der Waals surface area contributed by atoms with Gasteiger partial charge in [0.25, 0.3) is 5.56 Å². The molecule has 2 aromatic rings. The van der Waals surface area contributed by atoms with E-state index in [-0.39, 0.29) is 5.56 Å². The number of nitrogens with zero attached hydrogens (tertiary/aromatic N) is 3. The van der Waals surface area contributed by atoms with Gasteiger partial charge in [0.05, 0.1) is 11.9 Å². The smallest absolute Gasteiger partial charge is 0.256 e. The second kappa shape index (κ2) is 4.04. The molecule has 0 atom stereocenters. The van der Waals surface area contributed by atoms with Gasteiger partial charge in [0.1, 0.15) is 0 Å². The lowest BCUT2D eigenvalue weighted by Crippen LogP contribution is -2.17. The van der Waals surface area contributed by atoms with Gasteiger partial charge in [0.2, 0.25) is 0 Å². The molecule has 2 rings (SSSR count). The molecule has 15 heavy (non-hydrogen) atoms. The van der Waals surface area contributed by atoms with Crippen molar-refractivity contribution in [3.63, 3.8) is 0 Å². The number of aryl methyl sites for hydroxylation is 1. The SMILES string of the molecule is CCc1cncc(-n2ccccc2=O)n1. The molecule has 2 aromatic heterocycles. The van der Waals surface area contributed by atoms with Crippen molar-refractivity contribution in [3.05, 3.63) is 52.8 Å². The summed E-state index contributed by atoms with van der Waals surface area (Å²) in [5.74, 6) is 0.569. The van der Waals surface area contributed by atoms with Gasteiger partial charge in [-0.15, -0.1) is 0 Å². The van der Waals surface area contributed by atoms with E-state index >= 15 is 0 Å². The van der Waals surface area contributed by atoms with Gasteiger partial charge in [-0.05, 0) is 12.5 Å².